The minimum atomic E-state index is -4.56. The third-order valence-electron chi connectivity index (χ3n) is 2.70. The molecule has 0 aliphatic carbocycles. The molecule has 0 aliphatic heterocycles. The van der Waals surface area contributed by atoms with Crippen LogP contribution in [-0.4, -0.2) is 22.0 Å². The molecule has 0 unspecified atom stereocenters. The number of rotatable bonds is 2. The normalized spacial score (nSPS) is 11.9. The number of ether oxygens (including phenoxy) is 1. The van der Waals surface area contributed by atoms with Crippen molar-refractivity contribution in [2.75, 3.05) is 6.61 Å². The number of hydrogen-bond acceptors (Lipinski definition) is 3. The van der Waals surface area contributed by atoms with Crippen molar-refractivity contribution in [1.82, 2.24) is 9.38 Å². The summed E-state index contributed by atoms with van der Waals surface area (Å²) < 4.78 is 45.2. The molecule has 8 heteroatoms. The van der Waals surface area contributed by atoms with Crippen LogP contribution in [0.1, 0.15) is 28.7 Å². The number of esters is 1. The number of pyridine rings is 1. The molecule has 0 saturated heterocycles. The highest BCUT2D eigenvalue weighted by atomic mass is 79.9. The van der Waals surface area contributed by atoms with E-state index in [0.717, 1.165) is 6.07 Å². The van der Waals surface area contributed by atoms with Crippen molar-refractivity contribution in [3.8, 4) is 0 Å². The maximum Gasteiger partial charge on any atom is 0.420 e. The van der Waals surface area contributed by atoms with Gasteiger partial charge in [0.1, 0.15) is 5.65 Å². The molecule has 0 spiro atoms. The fourth-order valence-corrected chi connectivity index (χ4v) is 2.26. The van der Waals surface area contributed by atoms with E-state index >= 15 is 0 Å². The molecule has 2 aromatic heterocycles. The molecule has 0 saturated carbocycles. The van der Waals surface area contributed by atoms with Gasteiger partial charge >= 0.3 is 12.1 Å². The summed E-state index contributed by atoms with van der Waals surface area (Å²) in [5.74, 6) is -0.738. The van der Waals surface area contributed by atoms with E-state index in [0.29, 0.717) is 5.69 Å². The van der Waals surface area contributed by atoms with Gasteiger partial charge in [-0.05, 0) is 35.8 Å². The smallest absolute Gasteiger partial charge is 0.420 e. The average Bonchev–Trinajstić information content (AvgIpc) is 2.65. The molecule has 0 bridgehead atoms. The van der Waals surface area contributed by atoms with Gasteiger partial charge in [-0.25, -0.2) is 9.78 Å². The van der Waals surface area contributed by atoms with E-state index in [1.54, 1.807) is 6.92 Å². The Kier molecular flexibility index (Phi) is 3.77. The average molecular weight is 351 g/mol. The number of hydrogen-bond donors (Lipinski definition) is 0. The van der Waals surface area contributed by atoms with Crippen LogP contribution in [0.4, 0.5) is 13.2 Å². The summed E-state index contributed by atoms with van der Waals surface area (Å²) in [5, 5.41) is 0. The van der Waals surface area contributed by atoms with Gasteiger partial charge in [0, 0.05) is 10.7 Å². The van der Waals surface area contributed by atoms with Gasteiger partial charge in [0.05, 0.1) is 17.9 Å². The SMILES string of the molecule is CCOC(=O)c1nc2c(C(F)(F)F)cc(Br)cn2c1C. The van der Waals surface area contributed by atoms with Crippen LogP contribution in [0, 0.1) is 6.92 Å². The highest BCUT2D eigenvalue weighted by Crippen LogP contribution is 2.34. The van der Waals surface area contributed by atoms with Crippen molar-refractivity contribution in [3.05, 3.63) is 33.7 Å². The number of imidazole rings is 1. The van der Waals surface area contributed by atoms with Gasteiger partial charge in [-0.3, -0.25) is 0 Å². The summed E-state index contributed by atoms with van der Waals surface area (Å²) in [6, 6.07) is 0.927. The van der Waals surface area contributed by atoms with Crippen molar-refractivity contribution in [3.63, 3.8) is 0 Å². The Morgan fingerprint density at radius 2 is 2.15 bits per heavy atom. The summed E-state index contributed by atoms with van der Waals surface area (Å²) in [6.07, 6.45) is -3.13. The van der Waals surface area contributed by atoms with Gasteiger partial charge < -0.3 is 9.14 Å². The Balaban J connectivity index is 2.73. The molecule has 0 radical (unpaired) electrons. The molecular formula is C12H10BrF3N2O2. The van der Waals surface area contributed by atoms with Crippen LogP contribution in [0.3, 0.4) is 0 Å². The first-order chi connectivity index (χ1) is 9.25. The Labute approximate surface area is 120 Å². The van der Waals surface area contributed by atoms with Gasteiger partial charge in [0.25, 0.3) is 0 Å². The van der Waals surface area contributed by atoms with Gasteiger partial charge in [-0.2, -0.15) is 13.2 Å². The molecule has 2 rings (SSSR count). The van der Waals surface area contributed by atoms with E-state index in [2.05, 4.69) is 20.9 Å². The second kappa shape index (κ2) is 5.08. The molecule has 0 aliphatic rings. The first-order valence-corrected chi connectivity index (χ1v) is 6.47. The highest BCUT2D eigenvalue weighted by molar-refractivity contribution is 9.10. The third kappa shape index (κ3) is 2.52. The summed E-state index contributed by atoms with van der Waals surface area (Å²) in [5.41, 5.74) is -1.05. The predicted octanol–water partition coefficient (Wildman–Crippen LogP) is 3.60. The van der Waals surface area contributed by atoms with Crippen LogP contribution in [-0.2, 0) is 10.9 Å². The van der Waals surface area contributed by atoms with E-state index in [1.807, 2.05) is 0 Å². The maximum absolute atomic E-state index is 13.0. The fourth-order valence-electron chi connectivity index (χ4n) is 1.83. The summed E-state index contributed by atoms with van der Waals surface area (Å²) in [7, 11) is 0. The van der Waals surface area contributed by atoms with Gasteiger partial charge in [0.15, 0.2) is 5.69 Å². The van der Waals surface area contributed by atoms with Gasteiger partial charge in [-0.1, -0.05) is 0 Å². The number of halogens is 4. The second-order valence-corrected chi connectivity index (χ2v) is 4.95. The molecule has 0 atom stereocenters. The van der Waals surface area contributed by atoms with E-state index in [-0.39, 0.29) is 22.4 Å². The second-order valence-electron chi connectivity index (χ2n) is 4.03. The Hall–Kier alpha value is -1.57. The van der Waals surface area contributed by atoms with Crippen LogP contribution in [0.15, 0.2) is 16.7 Å². The summed E-state index contributed by atoms with van der Waals surface area (Å²) in [6.45, 7) is 3.25. The molecule has 0 aromatic carbocycles. The molecule has 0 amide bonds. The van der Waals surface area contributed by atoms with Crippen LogP contribution < -0.4 is 0 Å². The molecule has 4 nitrogen and oxygen atoms in total. The summed E-state index contributed by atoms with van der Waals surface area (Å²) in [4.78, 5) is 15.5. The topological polar surface area (TPSA) is 43.6 Å². The highest BCUT2D eigenvalue weighted by Gasteiger charge is 2.35. The van der Waals surface area contributed by atoms with Crippen LogP contribution in [0.25, 0.3) is 5.65 Å². The number of alkyl halides is 3. The Morgan fingerprint density at radius 1 is 1.50 bits per heavy atom. The lowest BCUT2D eigenvalue weighted by atomic mass is 10.2. The third-order valence-corrected chi connectivity index (χ3v) is 3.13. The van der Waals surface area contributed by atoms with E-state index in [1.165, 1.54) is 17.5 Å². The molecule has 2 aromatic rings. The molecule has 2 heterocycles. The molecule has 108 valence electrons. The monoisotopic (exact) mass is 350 g/mol. The zero-order chi connectivity index (χ0) is 15.1. The van der Waals surface area contributed by atoms with Crippen molar-refractivity contribution < 1.29 is 22.7 Å². The number of aryl methyl sites for hydroxylation is 1. The number of carbonyl (C=O) groups excluding carboxylic acids is 1. The fraction of sp³-hybridized carbons (Fsp3) is 0.333. The Bertz CT molecular complexity index is 679. The number of nitrogens with zero attached hydrogens (tertiary/aromatic N) is 2. The minimum absolute atomic E-state index is 0.115. The van der Waals surface area contributed by atoms with E-state index in [4.69, 9.17) is 4.74 Å². The lowest BCUT2D eigenvalue weighted by Crippen LogP contribution is -2.08. The standard InChI is InChI=1S/C12H10BrF3N2O2/c1-3-20-11(19)9-6(2)18-5-7(13)4-8(10(18)17-9)12(14,15)16/h4-5H,3H2,1-2H3. The lowest BCUT2D eigenvalue weighted by Gasteiger charge is -2.09. The van der Waals surface area contributed by atoms with Crippen molar-refractivity contribution in [2.45, 2.75) is 20.0 Å². The minimum Gasteiger partial charge on any atom is -0.461 e. The van der Waals surface area contributed by atoms with Crippen LogP contribution in [0.5, 0.6) is 0 Å². The van der Waals surface area contributed by atoms with Crippen molar-refractivity contribution in [2.24, 2.45) is 0 Å². The van der Waals surface area contributed by atoms with Crippen molar-refractivity contribution >= 4 is 27.5 Å². The Morgan fingerprint density at radius 3 is 2.70 bits per heavy atom. The molecule has 0 N–H and O–H groups in total. The maximum atomic E-state index is 13.0. The van der Waals surface area contributed by atoms with Crippen LogP contribution >= 0.6 is 15.9 Å². The quantitative estimate of drug-likeness (QED) is 0.777. The lowest BCUT2D eigenvalue weighted by molar-refractivity contribution is -0.136. The zero-order valence-electron chi connectivity index (χ0n) is 10.6. The predicted molar refractivity (Wildman–Crippen MR) is 68.6 cm³/mol. The number of aromatic nitrogens is 2. The zero-order valence-corrected chi connectivity index (χ0v) is 12.2. The number of fused-ring (bicyclic) bond motifs is 1. The molecular weight excluding hydrogens is 341 g/mol. The van der Waals surface area contributed by atoms with Gasteiger partial charge in [0.2, 0.25) is 0 Å². The number of carbonyl (C=O) groups is 1. The first kappa shape index (κ1) is 14.8. The van der Waals surface area contributed by atoms with Crippen LogP contribution in [0.2, 0.25) is 0 Å². The summed E-state index contributed by atoms with van der Waals surface area (Å²) >= 11 is 3.02. The van der Waals surface area contributed by atoms with Gasteiger partial charge in [-0.15, -0.1) is 0 Å². The first-order valence-electron chi connectivity index (χ1n) is 5.68. The van der Waals surface area contributed by atoms with E-state index in [9.17, 15) is 18.0 Å². The molecule has 20 heavy (non-hydrogen) atoms. The molecule has 0 fully saturated rings. The largest absolute Gasteiger partial charge is 0.461 e. The van der Waals surface area contributed by atoms with E-state index < -0.39 is 17.7 Å². The van der Waals surface area contributed by atoms with Crippen molar-refractivity contribution in [1.29, 1.82) is 0 Å².